The van der Waals surface area contributed by atoms with Gasteiger partial charge in [0.2, 0.25) is 0 Å². The number of carbonyl (C=O) groups excluding carboxylic acids is 1. The molecule has 0 aromatic heterocycles. The summed E-state index contributed by atoms with van der Waals surface area (Å²) in [6.07, 6.45) is 1.73. The number of hydrogen-bond acceptors (Lipinski definition) is 5. The van der Waals surface area contributed by atoms with Crippen molar-refractivity contribution < 1.29 is 13.9 Å². The van der Waals surface area contributed by atoms with Gasteiger partial charge in [0.1, 0.15) is 17.3 Å². The Labute approximate surface area is 143 Å². The summed E-state index contributed by atoms with van der Waals surface area (Å²) >= 11 is 1.03. The van der Waals surface area contributed by atoms with Gasteiger partial charge in [-0.25, -0.2) is 9.38 Å². The van der Waals surface area contributed by atoms with Crippen LogP contribution in [0.4, 0.5) is 10.1 Å². The summed E-state index contributed by atoms with van der Waals surface area (Å²) in [5.74, 6) is 0.0847. The number of Topliss-reactive ketones (excluding diaryl/α,β-unsaturated/α-hetero) is 1. The van der Waals surface area contributed by atoms with Crippen LogP contribution in [-0.2, 0) is 0 Å². The highest BCUT2D eigenvalue weighted by Crippen LogP contribution is 2.19. The minimum absolute atomic E-state index is 0.0638. The van der Waals surface area contributed by atoms with Crippen LogP contribution in [0, 0.1) is 17.3 Å². The lowest BCUT2D eigenvalue weighted by atomic mass is 10.1. The van der Waals surface area contributed by atoms with E-state index in [-0.39, 0.29) is 22.4 Å². The topological polar surface area (TPSA) is 74.5 Å². The van der Waals surface area contributed by atoms with Crippen molar-refractivity contribution in [1.82, 2.24) is 5.32 Å². The van der Waals surface area contributed by atoms with Crippen LogP contribution in [0.25, 0.3) is 0 Å². The fourth-order valence-electron chi connectivity index (χ4n) is 1.79. The molecule has 122 valence electrons. The Morgan fingerprint density at radius 1 is 1.29 bits per heavy atom. The molecular formula is C17H14FN3O2S. The third-order valence-electron chi connectivity index (χ3n) is 2.99. The van der Waals surface area contributed by atoms with Crippen LogP contribution in [0.3, 0.4) is 0 Å². The number of nitriles is 1. The Kier molecular flexibility index (Phi) is 6.34. The number of nitrogens with one attached hydrogen (secondary N) is 1. The van der Waals surface area contributed by atoms with Crippen LogP contribution in [0.2, 0.25) is 0 Å². The number of thioether (sulfide) groups is 1. The second-order valence-electron chi connectivity index (χ2n) is 4.55. The number of ketones is 1. The summed E-state index contributed by atoms with van der Waals surface area (Å²) in [5, 5.41) is 11.3. The lowest BCUT2D eigenvalue weighted by Gasteiger charge is -2.05. The average molecular weight is 343 g/mol. The molecule has 0 fully saturated rings. The van der Waals surface area contributed by atoms with E-state index in [0.717, 1.165) is 11.8 Å². The number of rotatable bonds is 5. The Morgan fingerprint density at radius 2 is 2.00 bits per heavy atom. The first-order valence-corrected chi connectivity index (χ1v) is 7.91. The van der Waals surface area contributed by atoms with Gasteiger partial charge in [0, 0.05) is 5.56 Å². The molecule has 1 N–H and O–H groups in total. The quantitative estimate of drug-likeness (QED) is 0.296. The van der Waals surface area contributed by atoms with Gasteiger partial charge in [-0.1, -0.05) is 23.9 Å². The number of ether oxygens (including phenoxy) is 1. The van der Waals surface area contributed by atoms with Gasteiger partial charge in [-0.2, -0.15) is 5.26 Å². The molecule has 0 bridgehead atoms. The fourth-order valence-corrected chi connectivity index (χ4v) is 2.51. The van der Waals surface area contributed by atoms with E-state index in [4.69, 9.17) is 10.00 Å². The van der Waals surface area contributed by atoms with Crippen LogP contribution in [0.5, 0.6) is 5.75 Å². The smallest absolute Gasteiger partial charge is 0.183 e. The van der Waals surface area contributed by atoms with Gasteiger partial charge in [-0.3, -0.25) is 10.1 Å². The molecule has 0 radical (unpaired) electrons. The molecule has 2 aromatic carbocycles. The van der Waals surface area contributed by atoms with Gasteiger partial charge >= 0.3 is 0 Å². The Morgan fingerprint density at radius 3 is 2.62 bits per heavy atom. The maximum atomic E-state index is 13.6. The van der Waals surface area contributed by atoms with Gasteiger partial charge < -0.3 is 4.74 Å². The summed E-state index contributed by atoms with van der Waals surface area (Å²) in [4.78, 5) is 16.2. The minimum Gasteiger partial charge on any atom is -0.497 e. The molecular weight excluding hydrogens is 329 g/mol. The van der Waals surface area contributed by atoms with Gasteiger partial charge in [0.05, 0.1) is 12.9 Å². The molecule has 0 spiro atoms. The van der Waals surface area contributed by atoms with Crippen molar-refractivity contribution in [1.29, 1.82) is 5.26 Å². The van der Waals surface area contributed by atoms with Crippen molar-refractivity contribution in [3.63, 3.8) is 0 Å². The zero-order chi connectivity index (χ0) is 17.4. The summed E-state index contributed by atoms with van der Waals surface area (Å²) in [6.45, 7) is 0. The molecule has 0 atom stereocenters. The largest absolute Gasteiger partial charge is 0.497 e. The van der Waals surface area contributed by atoms with E-state index >= 15 is 0 Å². The summed E-state index contributed by atoms with van der Waals surface area (Å²) in [6, 6.07) is 12.7. The molecule has 5 nitrogen and oxygen atoms in total. The predicted octanol–water partition coefficient (Wildman–Crippen LogP) is 3.51. The number of aliphatic imine (C=N–C) groups is 1. The van der Waals surface area contributed by atoms with Crippen LogP contribution in [-0.4, -0.2) is 23.8 Å². The van der Waals surface area contributed by atoms with Crippen LogP contribution in [0.1, 0.15) is 10.4 Å². The number of methoxy groups -OCH3 is 1. The summed E-state index contributed by atoms with van der Waals surface area (Å²) in [5.41, 5.74) is 0.616. The second-order valence-corrected chi connectivity index (χ2v) is 5.51. The number of hydrogen-bond donors (Lipinski definition) is 1. The maximum Gasteiger partial charge on any atom is 0.183 e. The van der Waals surface area contributed by atoms with Gasteiger partial charge in [-0.15, -0.1) is 0 Å². The average Bonchev–Trinajstić information content (AvgIpc) is 2.61. The van der Waals surface area contributed by atoms with Crippen LogP contribution < -0.4 is 10.1 Å². The van der Waals surface area contributed by atoms with Crippen molar-refractivity contribution >= 4 is 28.4 Å². The molecule has 0 heterocycles. The number of para-hydroxylation sites is 1. The molecule has 0 aliphatic heterocycles. The van der Waals surface area contributed by atoms with Gasteiger partial charge in [0.25, 0.3) is 0 Å². The molecule has 24 heavy (non-hydrogen) atoms. The highest BCUT2D eigenvalue weighted by molar-refractivity contribution is 8.14. The van der Waals surface area contributed by atoms with E-state index in [2.05, 4.69) is 10.3 Å². The van der Waals surface area contributed by atoms with E-state index in [0.29, 0.717) is 11.3 Å². The number of halogens is 1. The highest BCUT2D eigenvalue weighted by Gasteiger charge is 2.10. The standard InChI is InChI=1S/C17H14FN3O2S/c1-23-13-8-6-12(7-9-13)16(22)10-24-17(20-11-19)21-15-5-3-2-4-14(15)18/h2-9H,10H2,1H3,(H,20,21). The van der Waals surface area contributed by atoms with Crippen molar-refractivity contribution in [2.24, 2.45) is 4.99 Å². The number of carbonyl (C=O) groups is 1. The number of amidine groups is 1. The normalized spacial score (nSPS) is 10.8. The first-order chi connectivity index (χ1) is 11.6. The van der Waals surface area contributed by atoms with Crippen LogP contribution in [0.15, 0.2) is 53.5 Å². The molecule has 0 saturated heterocycles. The van der Waals surface area contributed by atoms with E-state index in [9.17, 15) is 9.18 Å². The zero-order valence-corrected chi connectivity index (χ0v) is 13.6. The molecule has 0 saturated carbocycles. The highest BCUT2D eigenvalue weighted by atomic mass is 32.2. The lowest BCUT2D eigenvalue weighted by Crippen LogP contribution is -2.16. The molecule has 0 amide bonds. The molecule has 2 rings (SSSR count). The van der Waals surface area contributed by atoms with Crippen LogP contribution >= 0.6 is 11.8 Å². The Balaban J connectivity index is 2.07. The van der Waals surface area contributed by atoms with Crippen molar-refractivity contribution in [3.05, 3.63) is 59.9 Å². The fraction of sp³-hybridized carbons (Fsp3) is 0.118. The molecule has 2 aromatic rings. The Hall–Kier alpha value is -2.85. The SMILES string of the molecule is COc1ccc(C(=O)CSC(=Nc2ccccc2F)NC#N)cc1. The summed E-state index contributed by atoms with van der Waals surface area (Å²) < 4.78 is 18.7. The number of benzene rings is 2. The third kappa shape index (κ3) is 4.83. The molecule has 0 aliphatic rings. The van der Waals surface area contributed by atoms with E-state index in [1.807, 2.05) is 0 Å². The number of nitrogens with zero attached hydrogens (tertiary/aromatic N) is 2. The minimum atomic E-state index is -0.503. The van der Waals surface area contributed by atoms with Gasteiger partial charge in [-0.05, 0) is 36.4 Å². The summed E-state index contributed by atoms with van der Waals surface area (Å²) in [7, 11) is 1.55. The first kappa shape index (κ1) is 17.5. The molecule has 7 heteroatoms. The molecule has 0 aliphatic carbocycles. The lowest BCUT2D eigenvalue weighted by molar-refractivity contribution is 0.102. The molecule has 0 unspecified atom stereocenters. The predicted molar refractivity (Wildman–Crippen MR) is 92.0 cm³/mol. The maximum absolute atomic E-state index is 13.6. The third-order valence-corrected chi connectivity index (χ3v) is 3.86. The zero-order valence-electron chi connectivity index (χ0n) is 12.8. The van der Waals surface area contributed by atoms with E-state index in [1.165, 1.54) is 12.1 Å². The van der Waals surface area contributed by atoms with Crippen molar-refractivity contribution in [2.75, 3.05) is 12.9 Å². The van der Waals surface area contributed by atoms with Crippen molar-refractivity contribution in [2.45, 2.75) is 0 Å². The van der Waals surface area contributed by atoms with Gasteiger partial charge in [0.15, 0.2) is 17.1 Å². The Bertz CT molecular complexity index is 785. The van der Waals surface area contributed by atoms with E-state index in [1.54, 1.807) is 49.7 Å². The van der Waals surface area contributed by atoms with Crippen molar-refractivity contribution in [3.8, 4) is 11.9 Å². The monoisotopic (exact) mass is 343 g/mol. The van der Waals surface area contributed by atoms with E-state index < -0.39 is 5.82 Å². The second kappa shape index (κ2) is 8.70. The first-order valence-electron chi connectivity index (χ1n) is 6.92.